The van der Waals surface area contributed by atoms with E-state index in [0.717, 1.165) is 0 Å². The molecule has 0 amide bonds. The van der Waals surface area contributed by atoms with Gasteiger partial charge in [-0.15, -0.1) is 0 Å². The van der Waals surface area contributed by atoms with Crippen LogP contribution in [0.3, 0.4) is 0 Å². The van der Waals surface area contributed by atoms with Crippen molar-refractivity contribution in [3.63, 3.8) is 0 Å². The molecule has 84 valence electrons. The molecule has 0 aliphatic heterocycles. The van der Waals surface area contributed by atoms with Crippen molar-refractivity contribution in [2.45, 2.75) is 86.5 Å². The van der Waals surface area contributed by atoms with Crippen LogP contribution in [0.15, 0.2) is 0 Å². The van der Waals surface area contributed by atoms with Crippen LogP contribution in [0.25, 0.3) is 0 Å². The van der Waals surface area contributed by atoms with Gasteiger partial charge in [0.2, 0.25) is 0 Å². The fourth-order valence-electron chi connectivity index (χ4n) is 0.707. The average molecular weight is 188 g/mol. The molecule has 0 aliphatic rings. The summed E-state index contributed by atoms with van der Waals surface area (Å²) in [5, 5.41) is 0. The molecule has 0 aromatic heterocycles. The highest BCUT2D eigenvalue weighted by atomic mass is 13.7. The first kappa shape index (κ1) is 18.7. The minimum atomic E-state index is 1.25. The molecule has 0 N–H and O–H groups in total. The minimum absolute atomic E-state index is 1.25. The Morgan fingerprint density at radius 1 is 0.462 bits per heavy atom. The summed E-state index contributed by atoms with van der Waals surface area (Å²) in [4.78, 5) is 0. The second-order valence-corrected chi connectivity index (χ2v) is 3.41. The van der Waals surface area contributed by atoms with E-state index in [1.807, 2.05) is 0 Å². The first-order valence-corrected chi connectivity index (χ1v) is 6.24. The van der Waals surface area contributed by atoms with Crippen molar-refractivity contribution >= 4 is 0 Å². The van der Waals surface area contributed by atoms with Crippen LogP contribution in [0.5, 0.6) is 0 Å². The normalized spacial score (nSPS) is 7.85. The SMILES string of the molecule is CCC.CCCCC.CCCCC. The molecule has 0 saturated carbocycles. The summed E-state index contributed by atoms with van der Waals surface area (Å²) in [7, 11) is 0. The van der Waals surface area contributed by atoms with Crippen LogP contribution in [-0.2, 0) is 0 Å². The van der Waals surface area contributed by atoms with Crippen LogP contribution in [0.1, 0.15) is 86.5 Å². The molecule has 0 aromatic carbocycles. The monoisotopic (exact) mass is 188 g/mol. The third-order valence-electron chi connectivity index (χ3n) is 1.41. The number of hydrogen-bond donors (Lipinski definition) is 0. The molecule has 0 radical (unpaired) electrons. The molecule has 0 aromatic rings. The highest BCUT2D eigenvalue weighted by Crippen LogP contribution is 1.88. The number of unbranched alkanes of at least 4 members (excludes halogenated alkanes) is 4. The summed E-state index contributed by atoms with van der Waals surface area (Å²) >= 11 is 0. The lowest BCUT2D eigenvalue weighted by Crippen LogP contribution is -1.59. The standard InChI is InChI=1S/2C5H12.C3H8/c2*1-3-5-4-2;1-3-2/h2*3-5H2,1-2H3;3H2,1-2H3. The summed E-state index contributed by atoms with van der Waals surface area (Å²) in [6.45, 7) is 13.1. The summed E-state index contributed by atoms with van der Waals surface area (Å²) in [6, 6.07) is 0. The molecular weight excluding hydrogens is 156 g/mol. The topological polar surface area (TPSA) is 0 Å². The molecule has 0 nitrogen and oxygen atoms in total. The molecule has 0 rings (SSSR count). The zero-order chi connectivity index (χ0) is 10.9. The van der Waals surface area contributed by atoms with Gasteiger partial charge in [-0.3, -0.25) is 0 Å². The molecule has 0 heterocycles. The second kappa shape index (κ2) is 29.6. The van der Waals surface area contributed by atoms with Crippen molar-refractivity contribution in [2.24, 2.45) is 0 Å². The lowest BCUT2D eigenvalue weighted by Gasteiger charge is -1.79. The van der Waals surface area contributed by atoms with E-state index in [1.165, 1.54) is 44.9 Å². The number of hydrogen-bond acceptors (Lipinski definition) is 0. The fraction of sp³-hybridized carbons (Fsp3) is 1.00. The number of rotatable bonds is 4. The van der Waals surface area contributed by atoms with Crippen LogP contribution in [0, 0.1) is 0 Å². The molecule has 0 spiro atoms. The first-order chi connectivity index (χ1) is 6.24. The Kier molecular flexibility index (Phi) is 42.7. The molecule has 0 fully saturated rings. The maximum absolute atomic E-state index is 2.21. The van der Waals surface area contributed by atoms with Gasteiger partial charge < -0.3 is 0 Å². The van der Waals surface area contributed by atoms with Crippen molar-refractivity contribution in [1.82, 2.24) is 0 Å². The summed E-state index contributed by atoms with van der Waals surface area (Å²) < 4.78 is 0. The van der Waals surface area contributed by atoms with Crippen molar-refractivity contribution in [3.05, 3.63) is 0 Å². The van der Waals surface area contributed by atoms with Gasteiger partial charge in [0.25, 0.3) is 0 Å². The molecule has 0 saturated heterocycles. The lowest BCUT2D eigenvalue weighted by atomic mass is 10.3. The van der Waals surface area contributed by atoms with Crippen LogP contribution in [-0.4, -0.2) is 0 Å². The van der Waals surface area contributed by atoms with Gasteiger partial charge >= 0.3 is 0 Å². The van der Waals surface area contributed by atoms with Crippen LogP contribution >= 0.6 is 0 Å². The Hall–Kier alpha value is 0. The molecule has 0 aliphatic carbocycles. The molecule has 0 atom stereocenters. The zero-order valence-electron chi connectivity index (χ0n) is 10.9. The van der Waals surface area contributed by atoms with E-state index in [1.54, 1.807) is 0 Å². The molecule has 13 heavy (non-hydrogen) atoms. The molecule has 0 unspecified atom stereocenters. The van der Waals surface area contributed by atoms with E-state index in [0.29, 0.717) is 0 Å². The first-order valence-electron chi connectivity index (χ1n) is 6.24. The maximum Gasteiger partial charge on any atom is -0.0538 e. The Morgan fingerprint density at radius 3 is 0.615 bits per heavy atom. The van der Waals surface area contributed by atoms with Crippen LogP contribution < -0.4 is 0 Å². The second-order valence-electron chi connectivity index (χ2n) is 3.41. The van der Waals surface area contributed by atoms with Gasteiger partial charge in [0, 0.05) is 0 Å². The third-order valence-corrected chi connectivity index (χ3v) is 1.41. The van der Waals surface area contributed by atoms with Gasteiger partial charge in [-0.1, -0.05) is 86.5 Å². The Balaban J connectivity index is -0.000000120. The molecule has 0 bridgehead atoms. The van der Waals surface area contributed by atoms with E-state index in [4.69, 9.17) is 0 Å². The Bertz CT molecular complexity index is 29.3. The van der Waals surface area contributed by atoms with E-state index in [9.17, 15) is 0 Å². The predicted octanol–water partition coefficient (Wildman–Crippen LogP) is 5.81. The third kappa shape index (κ3) is 75.0. The molecular formula is C13H32. The summed E-state index contributed by atoms with van der Waals surface area (Å²) in [5.41, 5.74) is 0. The summed E-state index contributed by atoms with van der Waals surface area (Å²) in [5.74, 6) is 0. The smallest absolute Gasteiger partial charge is 0.0538 e. The fourth-order valence-corrected chi connectivity index (χ4v) is 0.707. The van der Waals surface area contributed by atoms with Gasteiger partial charge in [0.1, 0.15) is 0 Å². The molecule has 0 heteroatoms. The van der Waals surface area contributed by atoms with Crippen molar-refractivity contribution in [2.75, 3.05) is 0 Å². The van der Waals surface area contributed by atoms with E-state index in [-0.39, 0.29) is 0 Å². The predicted molar refractivity (Wildman–Crippen MR) is 66.4 cm³/mol. The van der Waals surface area contributed by atoms with E-state index in [2.05, 4.69) is 41.5 Å². The highest BCUT2D eigenvalue weighted by Gasteiger charge is 1.68. The highest BCUT2D eigenvalue weighted by molar-refractivity contribution is 4.24. The minimum Gasteiger partial charge on any atom is -0.0656 e. The van der Waals surface area contributed by atoms with Gasteiger partial charge in [0.05, 0.1) is 0 Å². The van der Waals surface area contributed by atoms with Crippen molar-refractivity contribution in [3.8, 4) is 0 Å². The van der Waals surface area contributed by atoms with Gasteiger partial charge in [0.15, 0.2) is 0 Å². The lowest BCUT2D eigenvalue weighted by molar-refractivity contribution is 0.772. The average Bonchev–Trinajstić information content (AvgIpc) is 2.09. The van der Waals surface area contributed by atoms with Crippen molar-refractivity contribution < 1.29 is 0 Å². The van der Waals surface area contributed by atoms with E-state index < -0.39 is 0 Å². The zero-order valence-corrected chi connectivity index (χ0v) is 10.9. The van der Waals surface area contributed by atoms with Crippen LogP contribution in [0.2, 0.25) is 0 Å². The Labute approximate surface area is 87.1 Å². The van der Waals surface area contributed by atoms with Crippen LogP contribution in [0.4, 0.5) is 0 Å². The quantitative estimate of drug-likeness (QED) is 0.522. The van der Waals surface area contributed by atoms with Crippen molar-refractivity contribution in [1.29, 1.82) is 0 Å². The summed E-state index contributed by atoms with van der Waals surface area (Å²) in [6.07, 6.45) is 9.40. The Morgan fingerprint density at radius 2 is 0.615 bits per heavy atom. The van der Waals surface area contributed by atoms with Gasteiger partial charge in [-0.05, 0) is 0 Å². The maximum atomic E-state index is 2.21. The largest absolute Gasteiger partial charge is 0.0656 e. The van der Waals surface area contributed by atoms with Gasteiger partial charge in [-0.25, -0.2) is 0 Å². The van der Waals surface area contributed by atoms with Gasteiger partial charge in [-0.2, -0.15) is 0 Å². The van der Waals surface area contributed by atoms with E-state index >= 15 is 0 Å².